The normalized spacial score (nSPS) is 12.3. The largest absolute Gasteiger partial charge is 0.342 e. The van der Waals surface area contributed by atoms with E-state index in [9.17, 15) is 4.79 Å². The molecule has 4 N–H and O–H groups in total. The molecule has 0 radical (unpaired) electrons. The number of amides is 1. The summed E-state index contributed by atoms with van der Waals surface area (Å²) in [6, 6.07) is -0.326. The van der Waals surface area contributed by atoms with Crippen molar-refractivity contribution in [3.05, 3.63) is 23.3 Å². The van der Waals surface area contributed by atoms with Crippen molar-refractivity contribution in [1.29, 1.82) is 0 Å². The fourth-order valence-electron chi connectivity index (χ4n) is 1.83. The number of aryl methyl sites for hydroxylation is 1. The van der Waals surface area contributed by atoms with E-state index < -0.39 is 0 Å². The van der Waals surface area contributed by atoms with Crippen molar-refractivity contribution in [2.24, 2.45) is 5.73 Å². The van der Waals surface area contributed by atoms with Crippen LogP contribution >= 0.6 is 0 Å². The van der Waals surface area contributed by atoms with Crippen LogP contribution < -0.4 is 11.1 Å². The van der Waals surface area contributed by atoms with Gasteiger partial charge in [-0.05, 0) is 26.8 Å². The number of tetrazole rings is 1. The third-order valence-corrected chi connectivity index (χ3v) is 3.02. The minimum absolute atomic E-state index is 0.209. The van der Waals surface area contributed by atoms with Gasteiger partial charge in [0.05, 0.1) is 17.8 Å². The van der Waals surface area contributed by atoms with E-state index in [-0.39, 0.29) is 11.9 Å². The number of nitrogens with one attached hydrogen (secondary N) is 2. The van der Waals surface area contributed by atoms with Gasteiger partial charge in [-0.15, -0.1) is 10.2 Å². The highest BCUT2D eigenvalue weighted by atomic mass is 16.1. The quantitative estimate of drug-likeness (QED) is 0.656. The predicted molar refractivity (Wildman–Crippen MR) is 70.7 cm³/mol. The Kier molecular flexibility index (Phi) is 4.41. The Balaban J connectivity index is 2.04. The summed E-state index contributed by atoms with van der Waals surface area (Å²) in [5.74, 6) is 0.227. The Bertz CT molecular complexity index is 561. The van der Waals surface area contributed by atoms with Crippen LogP contribution in [0.3, 0.4) is 0 Å². The van der Waals surface area contributed by atoms with Gasteiger partial charge in [0.15, 0.2) is 5.82 Å². The standard InChI is InChI=1S/C11H18N8O/c1-7(10-15-17-18-16-10)14-11(20)9-6-13-19(8(9)2)5-3-4-12/h6-7H,3-5,12H2,1-2H3,(H,14,20)(H,15,16,17,18). The minimum Gasteiger partial charge on any atom is -0.342 e. The molecule has 0 aromatic carbocycles. The Labute approximate surface area is 115 Å². The van der Waals surface area contributed by atoms with E-state index in [1.807, 2.05) is 6.92 Å². The van der Waals surface area contributed by atoms with Crippen molar-refractivity contribution in [2.45, 2.75) is 32.9 Å². The molecule has 0 saturated heterocycles. The maximum absolute atomic E-state index is 12.2. The molecule has 0 fully saturated rings. The van der Waals surface area contributed by atoms with E-state index in [2.05, 4.69) is 31.0 Å². The van der Waals surface area contributed by atoms with Gasteiger partial charge in [-0.25, -0.2) is 0 Å². The number of aromatic amines is 1. The van der Waals surface area contributed by atoms with Gasteiger partial charge in [0, 0.05) is 12.2 Å². The average molecular weight is 278 g/mol. The molecule has 9 nitrogen and oxygen atoms in total. The van der Waals surface area contributed by atoms with Crippen LogP contribution in [0.5, 0.6) is 0 Å². The van der Waals surface area contributed by atoms with Crippen molar-refractivity contribution in [3.63, 3.8) is 0 Å². The number of aromatic nitrogens is 6. The second-order valence-electron chi connectivity index (χ2n) is 4.47. The van der Waals surface area contributed by atoms with E-state index in [1.165, 1.54) is 0 Å². The molecule has 0 saturated carbocycles. The highest BCUT2D eigenvalue weighted by Crippen LogP contribution is 2.10. The third-order valence-electron chi connectivity index (χ3n) is 3.02. The van der Waals surface area contributed by atoms with E-state index >= 15 is 0 Å². The van der Waals surface area contributed by atoms with Gasteiger partial charge in [0.1, 0.15) is 0 Å². The van der Waals surface area contributed by atoms with E-state index in [4.69, 9.17) is 5.73 Å². The van der Waals surface area contributed by atoms with Crippen LogP contribution in [0.4, 0.5) is 0 Å². The lowest BCUT2D eigenvalue weighted by molar-refractivity contribution is 0.0937. The summed E-state index contributed by atoms with van der Waals surface area (Å²) in [5.41, 5.74) is 6.83. The molecular weight excluding hydrogens is 260 g/mol. The zero-order valence-electron chi connectivity index (χ0n) is 11.5. The second kappa shape index (κ2) is 6.24. The zero-order valence-corrected chi connectivity index (χ0v) is 11.5. The average Bonchev–Trinajstić information content (AvgIpc) is 3.06. The fourth-order valence-corrected chi connectivity index (χ4v) is 1.83. The Morgan fingerprint density at radius 1 is 1.60 bits per heavy atom. The fraction of sp³-hybridized carbons (Fsp3) is 0.545. The van der Waals surface area contributed by atoms with Gasteiger partial charge >= 0.3 is 0 Å². The van der Waals surface area contributed by atoms with Crippen molar-refractivity contribution < 1.29 is 4.79 Å². The summed E-state index contributed by atoms with van der Waals surface area (Å²) in [5, 5.41) is 20.5. The summed E-state index contributed by atoms with van der Waals surface area (Å²) < 4.78 is 1.78. The first kappa shape index (κ1) is 14.1. The van der Waals surface area contributed by atoms with Crippen LogP contribution in [0, 0.1) is 6.92 Å². The molecule has 9 heteroatoms. The number of nitrogens with zero attached hydrogens (tertiary/aromatic N) is 5. The summed E-state index contributed by atoms with van der Waals surface area (Å²) in [4.78, 5) is 12.2. The Morgan fingerprint density at radius 2 is 2.40 bits per heavy atom. The summed E-state index contributed by atoms with van der Waals surface area (Å²) in [6.07, 6.45) is 2.38. The van der Waals surface area contributed by atoms with Gasteiger partial charge in [-0.2, -0.15) is 10.3 Å². The number of H-pyrrole nitrogens is 1. The van der Waals surface area contributed by atoms with Crippen molar-refractivity contribution in [1.82, 2.24) is 35.7 Å². The Hall–Kier alpha value is -2.29. The molecule has 1 unspecified atom stereocenters. The minimum atomic E-state index is -0.326. The maximum atomic E-state index is 12.2. The first-order chi connectivity index (χ1) is 9.63. The number of hydrogen-bond donors (Lipinski definition) is 3. The highest BCUT2D eigenvalue weighted by Gasteiger charge is 2.18. The second-order valence-corrected chi connectivity index (χ2v) is 4.47. The lowest BCUT2D eigenvalue weighted by atomic mass is 10.2. The first-order valence-electron chi connectivity index (χ1n) is 6.40. The maximum Gasteiger partial charge on any atom is 0.255 e. The topological polar surface area (TPSA) is 127 Å². The zero-order chi connectivity index (χ0) is 14.5. The van der Waals surface area contributed by atoms with Gasteiger partial charge in [-0.3, -0.25) is 9.48 Å². The molecule has 1 atom stereocenters. The van der Waals surface area contributed by atoms with Crippen molar-refractivity contribution in [2.75, 3.05) is 6.54 Å². The number of hydrogen-bond acceptors (Lipinski definition) is 6. The molecule has 0 aliphatic rings. The van der Waals surface area contributed by atoms with Gasteiger partial charge in [-0.1, -0.05) is 5.21 Å². The lowest BCUT2D eigenvalue weighted by Gasteiger charge is -2.09. The van der Waals surface area contributed by atoms with E-state index in [0.29, 0.717) is 24.5 Å². The van der Waals surface area contributed by atoms with Crippen molar-refractivity contribution >= 4 is 5.91 Å². The number of carbonyl (C=O) groups excluding carboxylic acids is 1. The van der Waals surface area contributed by atoms with Crippen molar-refractivity contribution in [3.8, 4) is 0 Å². The van der Waals surface area contributed by atoms with E-state index in [0.717, 1.165) is 12.1 Å². The molecule has 108 valence electrons. The van der Waals surface area contributed by atoms with Gasteiger partial charge in [0.25, 0.3) is 5.91 Å². The third kappa shape index (κ3) is 2.99. The van der Waals surface area contributed by atoms with Crippen LogP contribution in [-0.2, 0) is 6.54 Å². The summed E-state index contributed by atoms with van der Waals surface area (Å²) >= 11 is 0. The smallest absolute Gasteiger partial charge is 0.255 e. The van der Waals surface area contributed by atoms with Crippen LogP contribution in [-0.4, -0.2) is 42.9 Å². The van der Waals surface area contributed by atoms with Crippen LogP contribution in [0.25, 0.3) is 0 Å². The number of carbonyl (C=O) groups is 1. The predicted octanol–water partition coefficient (Wildman–Crippen LogP) is -0.456. The first-order valence-corrected chi connectivity index (χ1v) is 6.40. The molecule has 20 heavy (non-hydrogen) atoms. The van der Waals surface area contributed by atoms with Crippen LogP contribution in [0.2, 0.25) is 0 Å². The summed E-state index contributed by atoms with van der Waals surface area (Å²) in [6.45, 7) is 4.94. The molecule has 1 amide bonds. The van der Waals surface area contributed by atoms with Gasteiger partial charge < -0.3 is 11.1 Å². The molecule has 0 spiro atoms. The molecule has 2 aromatic heterocycles. The molecule has 2 rings (SSSR count). The highest BCUT2D eigenvalue weighted by molar-refractivity contribution is 5.95. The monoisotopic (exact) mass is 278 g/mol. The number of rotatable bonds is 6. The molecule has 2 aromatic rings. The molecular formula is C11H18N8O. The lowest BCUT2D eigenvalue weighted by Crippen LogP contribution is -2.27. The molecule has 0 aliphatic heterocycles. The van der Waals surface area contributed by atoms with Crippen LogP contribution in [0.1, 0.15) is 41.3 Å². The molecule has 0 bridgehead atoms. The van der Waals surface area contributed by atoms with Crippen LogP contribution in [0.15, 0.2) is 6.20 Å². The van der Waals surface area contributed by atoms with E-state index in [1.54, 1.807) is 17.8 Å². The molecule has 2 heterocycles. The summed E-state index contributed by atoms with van der Waals surface area (Å²) in [7, 11) is 0. The SMILES string of the molecule is Cc1c(C(=O)NC(C)c2nn[nH]n2)cnn1CCCN. The Morgan fingerprint density at radius 3 is 3.05 bits per heavy atom. The number of nitrogens with two attached hydrogens (primary N) is 1. The van der Waals surface area contributed by atoms with Gasteiger partial charge in [0.2, 0.25) is 0 Å². The molecule has 0 aliphatic carbocycles.